The fraction of sp³-hybridized carbons (Fsp3) is 0.167. The number of anilines is 1. The van der Waals surface area contributed by atoms with Gasteiger partial charge >= 0.3 is 0 Å². The van der Waals surface area contributed by atoms with Crippen molar-refractivity contribution in [3.05, 3.63) is 42.5 Å². The van der Waals surface area contributed by atoms with Gasteiger partial charge in [0, 0.05) is 30.9 Å². The number of benzene rings is 1. The van der Waals surface area contributed by atoms with E-state index in [0.29, 0.717) is 13.1 Å². The third kappa shape index (κ3) is 3.65. The summed E-state index contributed by atoms with van der Waals surface area (Å²) in [5.74, 6) is 3.43. The molecule has 0 radical (unpaired) electrons. The quantitative estimate of drug-likeness (QED) is 0.673. The van der Waals surface area contributed by atoms with E-state index in [2.05, 4.69) is 0 Å². The van der Waals surface area contributed by atoms with E-state index in [0.717, 1.165) is 5.69 Å². The van der Waals surface area contributed by atoms with Gasteiger partial charge in [0.2, 0.25) is 0 Å². The third-order valence-electron chi connectivity index (χ3n) is 1.91. The summed E-state index contributed by atoms with van der Waals surface area (Å²) in [5.41, 5.74) is 0.954. The molecule has 0 spiro atoms. The molecule has 0 aliphatic rings. The van der Waals surface area contributed by atoms with E-state index in [1.165, 1.54) is 12.2 Å². The van der Waals surface area contributed by atoms with E-state index >= 15 is 0 Å². The molecule has 1 aromatic carbocycles. The molecule has 0 atom stereocenters. The Morgan fingerprint density at radius 2 is 1.53 bits per heavy atom. The number of hydrogen-bond acceptors (Lipinski definition) is 3. The highest BCUT2D eigenvalue weighted by Gasteiger charge is 2.01. The van der Waals surface area contributed by atoms with Crippen molar-refractivity contribution in [2.75, 3.05) is 18.0 Å². The number of carbonyl (C=O) groups excluding carboxylic acids is 2. The lowest BCUT2D eigenvalue weighted by Crippen LogP contribution is -2.23. The molecule has 0 amide bonds. The van der Waals surface area contributed by atoms with Gasteiger partial charge < -0.3 is 4.90 Å². The van der Waals surface area contributed by atoms with Crippen LogP contribution in [0.4, 0.5) is 5.69 Å². The number of nitrogens with zero attached hydrogens (tertiary/aromatic N) is 1. The second-order valence-electron chi connectivity index (χ2n) is 2.88. The topological polar surface area (TPSA) is 37.4 Å². The van der Waals surface area contributed by atoms with Crippen LogP contribution in [-0.4, -0.2) is 25.0 Å². The van der Waals surface area contributed by atoms with Crippen LogP contribution in [0.5, 0.6) is 0 Å². The highest BCUT2D eigenvalue weighted by Crippen LogP contribution is 2.12. The highest BCUT2D eigenvalue weighted by atomic mass is 16.1. The molecule has 3 heteroatoms. The van der Waals surface area contributed by atoms with Gasteiger partial charge in [-0.05, 0) is 12.1 Å². The maximum Gasteiger partial charge on any atom is 0.121 e. The number of para-hydroxylation sites is 1. The van der Waals surface area contributed by atoms with Crippen molar-refractivity contribution in [1.82, 2.24) is 0 Å². The summed E-state index contributed by atoms with van der Waals surface area (Å²) < 4.78 is 0. The van der Waals surface area contributed by atoms with Crippen molar-refractivity contribution >= 4 is 17.6 Å². The maximum atomic E-state index is 10.1. The van der Waals surface area contributed by atoms with Crippen molar-refractivity contribution in [3.63, 3.8) is 0 Å². The Kier molecular flexibility index (Phi) is 4.68. The lowest BCUT2D eigenvalue weighted by molar-refractivity contribution is 0.568. The molecular formula is C12H11NO2. The predicted molar refractivity (Wildman–Crippen MR) is 59.2 cm³/mol. The molecule has 0 unspecified atom stereocenters. The second kappa shape index (κ2) is 6.39. The van der Waals surface area contributed by atoms with Crippen LogP contribution in [0.25, 0.3) is 0 Å². The summed E-state index contributed by atoms with van der Waals surface area (Å²) in [7, 11) is 0. The molecular weight excluding hydrogens is 190 g/mol. The van der Waals surface area contributed by atoms with Crippen LogP contribution in [0.1, 0.15) is 0 Å². The molecule has 0 fully saturated rings. The summed E-state index contributed by atoms with van der Waals surface area (Å²) in [6.07, 6.45) is 2.76. The first-order valence-electron chi connectivity index (χ1n) is 4.57. The molecule has 76 valence electrons. The average Bonchev–Trinajstić information content (AvgIpc) is 2.30. The van der Waals surface area contributed by atoms with Gasteiger partial charge in [0.25, 0.3) is 0 Å². The molecule has 0 saturated carbocycles. The lowest BCUT2D eigenvalue weighted by atomic mass is 10.3. The second-order valence-corrected chi connectivity index (χ2v) is 2.88. The molecule has 0 N–H and O–H groups in total. The zero-order valence-corrected chi connectivity index (χ0v) is 8.22. The van der Waals surface area contributed by atoms with E-state index in [9.17, 15) is 9.59 Å². The third-order valence-corrected chi connectivity index (χ3v) is 1.91. The summed E-state index contributed by atoms with van der Waals surface area (Å²) in [4.78, 5) is 22.1. The molecule has 0 aromatic heterocycles. The summed E-state index contributed by atoms with van der Waals surface area (Å²) in [5, 5.41) is 0. The van der Waals surface area contributed by atoms with Crippen LogP contribution >= 0.6 is 0 Å². The van der Waals surface area contributed by atoms with Crippen LogP contribution in [0.2, 0.25) is 0 Å². The van der Waals surface area contributed by atoms with Crippen LogP contribution in [-0.2, 0) is 9.59 Å². The fourth-order valence-electron chi connectivity index (χ4n) is 1.22. The first-order valence-corrected chi connectivity index (χ1v) is 4.57. The largest absolute Gasteiger partial charge is 0.363 e. The van der Waals surface area contributed by atoms with Gasteiger partial charge in [0.05, 0.1) is 0 Å². The Labute approximate surface area is 88.3 Å². The average molecular weight is 201 g/mol. The molecule has 0 heterocycles. The van der Waals surface area contributed by atoms with Crippen molar-refractivity contribution in [2.24, 2.45) is 0 Å². The van der Waals surface area contributed by atoms with Crippen LogP contribution in [0, 0.1) is 0 Å². The summed E-state index contributed by atoms with van der Waals surface area (Å²) in [6, 6.07) is 9.54. The molecule has 3 nitrogen and oxygen atoms in total. The van der Waals surface area contributed by atoms with Crippen LogP contribution in [0.15, 0.2) is 42.5 Å². The van der Waals surface area contributed by atoms with Crippen molar-refractivity contribution in [1.29, 1.82) is 0 Å². The molecule has 15 heavy (non-hydrogen) atoms. The van der Waals surface area contributed by atoms with Gasteiger partial charge in [0.15, 0.2) is 0 Å². The van der Waals surface area contributed by atoms with E-state index in [4.69, 9.17) is 0 Å². The Morgan fingerprint density at radius 3 is 2.00 bits per heavy atom. The molecule has 0 aliphatic heterocycles. The normalized spacial score (nSPS) is 8.53. The van der Waals surface area contributed by atoms with Gasteiger partial charge in [-0.3, -0.25) is 0 Å². The fourth-order valence-corrected chi connectivity index (χ4v) is 1.22. The van der Waals surface area contributed by atoms with Gasteiger partial charge in [-0.15, -0.1) is 0 Å². The lowest BCUT2D eigenvalue weighted by Gasteiger charge is -2.20. The molecule has 0 saturated heterocycles. The minimum atomic E-state index is 0.436. The Hall–Kier alpha value is -2.08. The Balaban J connectivity index is 2.79. The molecule has 0 bridgehead atoms. The van der Waals surface area contributed by atoms with E-state index < -0.39 is 0 Å². The van der Waals surface area contributed by atoms with Crippen molar-refractivity contribution < 1.29 is 9.59 Å². The highest BCUT2D eigenvalue weighted by molar-refractivity contribution is 5.54. The minimum Gasteiger partial charge on any atom is -0.363 e. The van der Waals surface area contributed by atoms with Gasteiger partial charge in [0.1, 0.15) is 11.9 Å². The van der Waals surface area contributed by atoms with Crippen molar-refractivity contribution in [3.8, 4) is 0 Å². The first kappa shape index (κ1) is 11.0. The zero-order chi connectivity index (χ0) is 10.9. The van der Waals surface area contributed by atoms with Gasteiger partial charge in [-0.2, -0.15) is 0 Å². The summed E-state index contributed by atoms with van der Waals surface area (Å²) >= 11 is 0. The van der Waals surface area contributed by atoms with Gasteiger partial charge in [-0.25, -0.2) is 9.59 Å². The van der Waals surface area contributed by atoms with E-state index in [1.807, 2.05) is 35.2 Å². The van der Waals surface area contributed by atoms with Gasteiger partial charge in [-0.1, -0.05) is 18.2 Å². The predicted octanol–water partition coefficient (Wildman–Crippen LogP) is 1.27. The summed E-state index contributed by atoms with van der Waals surface area (Å²) in [6.45, 7) is 0.872. The zero-order valence-electron chi connectivity index (χ0n) is 8.22. The Bertz CT molecular complexity index is 367. The van der Waals surface area contributed by atoms with Crippen molar-refractivity contribution in [2.45, 2.75) is 0 Å². The molecule has 1 rings (SSSR count). The monoisotopic (exact) mass is 201 g/mol. The smallest absolute Gasteiger partial charge is 0.121 e. The first-order chi connectivity index (χ1) is 7.38. The molecule has 0 aliphatic carbocycles. The maximum absolute atomic E-state index is 10.1. The van der Waals surface area contributed by atoms with Crippen LogP contribution in [0.3, 0.4) is 0 Å². The Morgan fingerprint density at radius 1 is 1.00 bits per heavy atom. The van der Waals surface area contributed by atoms with Crippen LogP contribution < -0.4 is 4.90 Å². The number of hydrogen-bond donors (Lipinski definition) is 0. The minimum absolute atomic E-state index is 0.436. The molecule has 1 aromatic rings. The number of rotatable bonds is 5. The van der Waals surface area contributed by atoms with E-state index in [1.54, 1.807) is 11.9 Å². The van der Waals surface area contributed by atoms with E-state index in [-0.39, 0.29) is 0 Å². The standard InChI is InChI=1S/C12H11NO2/c14-10-4-8-13(9-5-11-15)12-6-2-1-3-7-12/h1-7H,8-9H2. The SMILES string of the molecule is O=C=CCN(CC=C=O)c1ccccc1.